The van der Waals surface area contributed by atoms with Gasteiger partial charge in [0.05, 0.1) is 23.7 Å². The van der Waals surface area contributed by atoms with Gasteiger partial charge in [0.25, 0.3) is 0 Å². The van der Waals surface area contributed by atoms with Crippen molar-refractivity contribution in [2.24, 2.45) is 5.10 Å². The molecule has 0 amide bonds. The molecule has 0 aliphatic rings. The molecule has 0 aliphatic heterocycles. The largest absolute Gasteiger partial charge is 0.416 e. The smallest absolute Gasteiger partial charge is 0.331 e. The Labute approximate surface area is 166 Å². The highest BCUT2D eigenvalue weighted by molar-refractivity contribution is 9.10. The number of nitrogens with zero attached hydrogens (tertiary/aromatic N) is 4. The van der Waals surface area contributed by atoms with Crippen LogP contribution in [0.25, 0.3) is 5.65 Å². The molecule has 140 valence electrons. The number of alkyl halides is 3. The second kappa shape index (κ2) is 7.65. The zero-order chi connectivity index (χ0) is 19.6. The maximum Gasteiger partial charge on any atom is 0.416 e. The van der Waals surface area contributed by atoms with Gasteiger partial charge in [-0.3, -0.25) is 4.40 Å². The van der Waals surface area contributed by atoms with Crippen LogP contribution in [-0.4, -0.2) is 32.8 Å². The SMILES string of the molecule is CN(N=Cc1cnc2ccc(Br)cn12)C(=S)Nc1ccc(C(F)(F)F)cc1. The van der Waals surface area contributed by atoms with E-state index >= 15 is 0 Å². The molecule has 0 bridgehead atoms. The van der Waals surface area contributed by atoms with Crippen molar-refractivity contribution >= 4 is 50.8 Å². The first kappa shape index (κ1) is 19.3. The number of hydrazone groups is 1. The van der Waals surface area contributed by atoms with E-state index in [1.165, 1.54) is 17.1 Å². The second-order valence-electron chi connectivity index (χ2n) is 5.53. The van der Waals surface area contributed by atoms with Crippen molar-refractivity contribution in [1.29, 1.82) is 0 Å². The van der Waals surface area contributed by atoms with Crippen LogP contribution in [0.2, 0.25) is 0 Å². The summed E-state index contributed by atoms with van der Waals surface area (Å²) < 4.78 is 40.5. The van der Waals surface area contributed by atoms with Gasteiger partial charge in [-0.1, -0.05) is 0 Å². The summed E-state index contributed by atoms with van der Waals surface area (Å²) in [4.78, 5) is 4.27. The molecule has 2 heterocycles. The minimum absolute atomic E-state index is 0.237. The van der Waals surface area contributed by atoms with Gasteiger partial charge in [0.15, 0.2) is 5.11 Å². The maximum absolute atomic E-state index is 12.6. The van der Waals surface area contributed by atoms with Gasteiger partial charge < -0.3 is 5.32 Å². The summed E-state index contributed by atoms with van der Waals surface area (Å²) in [7, 11) is 1.63. The first-order chi connectivity index (χ1) is 12.7. The molecule has 2 aromatic heterocycles. The molecule has 0 atom stereocenters. The van der Waals surface area contributed by atoms with E-state index in [4.69, 9.17) is 12.2 Å². The molecule has 0 spiro atoms. The van der Waals surface area contributed by atoms with E-state index < -0.39 is 11.7 Å². The van der Waals surface area contributed by atoms with Crippen LogP contribution in [0.3, 0.4) is 0 Å². The quantitative estimate of drug-likeness (QED) is 0.350. The Morgan fingerprint density at radius 1 is 1.26 bits per heavy atom. The molecule has 5 nitrogen and oxygen atoms in total. The zero-order valence-electron chi connectivity index (χ0n) is 13.9. The van der Waals surface area contributed by atoms with E-state index in [0.717, 1.165) is 27.9 Å². The summed E-state index contributed by atoms with van der Waals surface area (Å²) in [5, 5.41) is 8.74. The average molecular weight is 456 g/mol. The number of aromatic nitrogens is 2. The number of imidazole rings is 1. The van der Waals surface area contributed by atoms with E-state index in [-0.39, 0.29) is 5.11 Å². The molecule has 1 aromatic carbocycles. The van der Waals surface area contributed by atoms with Crippen molar-refractivity contribution in [2.45, 2.75) is 6.18 Å². The molecule has 0 aliphatic carbocycles. The number of nitrogens with one attached hydrogen (secondary N) is 1. The lowest BCUT2D eigenvalue weighted by Crippen LogP contribution is -2.26. The lowest BCUT2D eigenvalue weighted by Gasteiger charge is -2.16. The van der Waals surface area contributed by atoms with Crippen LogP contribution in [0.5, 0.6) is 0 Å². The second-order valence-corrected chi connectivity index (χ2v) is 6.83. The minimum atomic E-state index is -4.37. The molecular formula is C17H13BrF3N5S. The molecule has 1 N–H and O–H groups in total. The lowest BCUT2D eigenvalue weighted by molar-refractivity contribution is -0.137. The molecule has 3 aromatic rings. The summed E-state index contributed by atoms with van der Waals surface area (Å²) in [5.74, 6) is 0. The summed E-state index contributed by atoms with van der Waals surface area (Å²) >= 11 is 8.63. The Hall–Kier alpha value is -2.46. The van der Waals surface area contributed by atoms with E-state index in [0.29, 0.717) is 5.69 Å². The molecular weight excluding hydrogens is 443 g/mol. The highest BCUT2D eigenvalue weighted by Gasteiger charge is 2.29. The summed E-state index contributed by atoms with van der Waals surface area (Å²) in [5.41, 5.74) is 1.24. The number of hydrogen-bond donors (Lipinski definition) is 1. The predicted molar refractivity (Wildman–Crippen MR) is 106 cm³/mol. The summed E-state index contributed by atoms with van der Waals surface area (Å²) in [6, 6.07) is 8.36. The van der Waals surface area contributed by atoms with Crippen LogP contribution < -0.4 is 5.32 Å². The third kappa shape index (κ3) is 4.64. The number of rotatable bonds is 3. The predicted octanol–water partition coefficient (Wildman–Crippen LogP) is 4.78. The first-order valence-corrected chi connectivity index (χ1v) is 8.83. The van der Waals surface area contributed by atoms with Crippen molar-refractivity contribution in [3.05, 3.63) is 64.5 Å². The Bertz CT molecular complexity index is 998. The van der Waals surface area contributed by atoms with E-state index in [1.54, 1.807) is 19.5 Å². The molecule has 3 rings (SSSR count). The molecule has 27 heavy (non-hydrogen) atoms. The van der Waals surface area contributed by atoms with Crippen LogP contribution in [0.1, 0.15) is 11.3 Å². The normalized spacial score (nSPS) is 11.9. The van der Waals surface area contributed by atoms with Gasteiger partial charge in [0.1, 0.15) is 5.65 Å². The monoisotopic (exact) mass is 455 g/mol. The van der Waals surface area contributed by atoms with Crippen molar-refractivity contribution in [3.63, 3.8) is 0 Å². The van der Waals surface area contributed by atoms with Crippen LogP contribution in [-0.2, 0) is 6.18 Å². The van der Waals surface area contributed by atoms with Gasteiger partial charge >= 0.3 is 6.18 Å². The Balaban J connectivity index is 1.68. The summed E-state index contributed by atoms with van der Waals surface area (Å²) in [6.07, 6.45) is 0.754. The summed E-state index contributed by atoms with van der Waals surface area (Å²) in [6.45, 7) is 0. The maximum atomic E-state index is 12.6. The van der Waals surface area contributed by atoms with E-state index in [9.17, 15) is 13.2 Å². The lowest BCUT2D eigenvalue weighted by atomic mass is 10.2. The molecule has 0 radical (unpaired) electrons. The standard InChI is InChI=1S/C17H13BrF3N5S/c1-25(16(27)24-13-5-2-11(3-6-13)17(19,20)21)23-9-14-8-22-15-7-4-12(18)10-26(14)15/h2-10H,1H3,(H,24,27). The fourth-order valence-corrected chi connectivity index (χ4v) is 2.72. The van der Waals surface area contributed by atoms with Gasteiger partial charge in [-0.05, 0) is 64.5 Å². The van der Waals surface area contributed by atoms with Crippen LogP contribution in [0, 0.1) is 0 Å². The van der Waals surface area contributed by atoms with Gasteiger partial charge in [0, 0.05) is 23.4 Å². The Morgan fingerprint density at radius 2 is 1.96 bits per heavy atom. The molecule has 0 saturated heterocycles. The number of benzene rings is 1. The van der Waals surface area contributed by atoms with E-state index in [1.807, 2.05) is 22.7 Å². The topological polar surface area (TPSA) is 44.9 Å². The number of hydrogen-bond acceptors (Lipinski definition) is 3. The number of pyridine rings is 1. The van der Waals surface area contributed by atoms with Crippen LogP contribution >= 0.6 is 28.1 Å². The molecule has 0 saturated carbocycles. The van der Waals surface area contributed by atoms with Crippen LogP contribution in [0.4, 0.5) is 18.9 Å². The first-order valence-electron chi connectivity index (χ1n) is 7.62. The Kier molecular flexibility index (Phi) is 5.47. The highest BCUT2D eigenvalue weighted by Crippen LogP contribution is 2.29. The fourth-order valence-electron chi connectivity index (χ4n) is 2.21. The van der Waals surface area contributed by atoms with Gasteiger partial charge in [-0.15, -0.1) is 0 Å². The number of thiocarbonyl (C=S) groups is 1. The van der Waals surface area contributed by atoms with E-state index in [2.05, 4.69) is 31.3 Å². The zero-order valence-corrected chi connectivity index (χ0v) is 16.3. The van der Waals surface area contributed by atoms with Crippen molar-refractivity contribution in [1.82, 2.24) is 14.4 Å². The van der Waals surface area contributed by atoms with Crippen molar-refractivity contribution < 1.29 is 13.2 Å². The van der Waals surface area contributed by atoms with Crippen LogP contribution in [0.15, 0.2) is 58.4 Å². The minimum Gasteiger partial charge on any atom is -0.331 e. The molecule has 0 fully saturated rings. The average Bonchev–Trinajstić information content (AvgIpc) is 3.01. The van der Waals surface area contributed by atoms with Gasteiger partial charge in [0.2, 0.25) is 0 Å². The van der Waals surface area contributed by atoms with Crippen molar-refractivity contribution in [3.8, 4) is 0 Å². The molecule has 0 unspecified atom stereocenters. The fraction of sp³-hybridized carbons (Fsp3) is 0.118. The van der Waals surface area contributed by atoms with Crippen molar-refractivity contribution in [2.75, 3.05) is 12.4 Å². The number of anilines is 1. The highest BCUT2D eigenvalue weighted by atomic mass is 79.9. The van der Waals surface area contributed by atoms with Gasteiger partial charge in [-0.25, -0.2) is 9.99 Å². The Morgan fingerprint density at radius 3 is 2.63 bits per heavy atom. The van der Waals surface area contributed by atoms with Gasteiger partial charge in [-0.2, -0.15) is 18.3 Å². The third-order valence-electron chi connectivity index (χ3n) is 3.62. The molecule has 10 heteroatoms. The number of halogens is 4. The third-order valence-corrected chi connectivity index (χ3v) is 4.45. The number of fused-ring (bicyclic) bond motifs is 1.